The maximum absolute atomic E-state index is 6.13. The van der Waals surface area contributed by atoms with Crippen LogP contribution in [0.4, 0.5) is 0 Å². The van der Waals surface area contributed by atoms with Crippen molar-refractivity contribution in [2.45, 2.75) is 129 Å². The van der Waals surface area contributed by atoms with Crippen molar-refractivity contribution in [2.24, 2.45) is 11.8 Å². The molecule has 0 radical (unpaired) electrons. The summed E-state index contributed by atoms with van der Waals surface area (Å²) in [6.45, 7) is 6.54. The lowest BCUT2D eigenvalue weighted by Gasteiger charge is -2.37. The fourth-order valence-electron chi connectivity index (χ4n) is 5.01. The molecule has 26 heavy (non-hydrogen) atoms. The number of ether oxygens (including phenoxy) is 2. The summed E-state index contributed by atoms with van der Waals surface area (Å²) in [6, 6.07) is 0. The predicted molar refractivity (Wildman–Crippen MR) is 112 cm³/mol. The highest BCUT2D eigenvalue weighted by molar-refractivity contribution is 4.82. The Morgan fingerprint density at radius 2 is 0.885 bits per heavy atom. The maximum atomic E-state index is 6.13. The Labute approximate surface area is 163 Å². The van der Waals surface area contributed by atoms with Gasteiger partial charge in [-0.1, -0.05) is 52.4 Å². The van der Waals surface area contributed by atoms with Gasteiger partial charge in [0.05, 0.1) is 12.2 Å². The van der Waals surface area contributed by atoms with Gasteiger partial charge in [-0.05, 0) is 76.0 Å². The van der Waals surface area contributed by atoms with E-state index in [-0.39, 0.29) is 0 Å². The molecule has 0 aromatic rings. The molecule has 0 amide bonds. The summed E-state index contributed by atoms with van der Waals surface area (Å²) in [5.41, 5.74) is 0. The van der Waals surface area contributed by atoms with Crippen LogP contribution in [0.2, 0.25) is 0 Å². The van der Waals surface area contributed by atoms with E-state index in [9.17, 15) is 0 Å². The summed E-state index contributed by atoms with van der Waals surface area (Å²) in [5.74, 6) is 1.95. The van der Waals surface area contributed by atoms with Crippen LogP contribution in [0.15, 0.2) is 0 Å². The van der Waals surface area contributed by atoms with Crippen LogP contribution in [0.5, 0.6) is 0 Å². The first kappa shape index (κ1) is 22.2. The van der Waals surface area contributed by atoms with Gasteiger partial charge in [-0.2, -0.15) is 0 Å². The van der Waals surface area contributed by atoms with Crippen molar-refractivity contribution in [3.63, 3.8) is 0 Å². The van der Waals surface area contributed by atoms with Gasteiger partial charge in [0.1, 0.15) is 0 Å². The van der Waals surface area contributed by atoms with E-state index >= 15 is 0 Å². The van der Waals surface area contributed by atoms with E-state index in [1.165, 1.54) is 103 Å². The van der Waals surface area contributed by atoms with E-state index < -0.39 is 0 Å². The fraction of sp³-hybridized carbons (Fsp3) is 1.00. The molecule has 0 N–H and O–H groups in total. The summed E-state index contributed by atoms with van der Waals surface area (Å²) in [7, 11) is 0. The topological polar surface area (TPSA) is 18.5 Å². The van der Waals surface area contributed by atoms with Gasteiger partial charge in [0.15, 0.2) is 0 Å². The van der Waals surface area contributed by atoms with Gasteiger partial charge in [0.2, 0.25) is 0 Å². The third kappa shape index (κ3) is 8.74. The SMILES string of the molecule is CCCCCCOC1CCC(C2CCC(OCCCCCC)CC2)CC1. The van der Waals surface area contributed by atoms with Crippen LogP contribution in [0, 0.1) is 11.8 Å². The minimum absolute atomic E-state index is 0.565. The van der Waals surface area contributed by atoms with Crippen LogP contribution in [-0.4, -0.2) is 25.4 Å². The fourth-order valence-corrected chi connectivity index (χ4v) is 5.01. The number of rotatable bonds is 13. The summed E-state index contributed by atoms with van der Waals surface area (Å²) >= 11 is 0. The van der Waals surface area contributed by atoms with Crippen molar-refractivity contribution in [1.29, 1.82) is 0 Å². The average Bonchev–Trinajstić information content (AvgIpc) is 2.69. The first-order valence-corrected chi connectivity index (χ1v) is 12.1. The van der Waals surface area contributed by atoms with Crippen LogP contribution in [0.1, 0.15) is 117 Å². The van der Waals surface area contributed by atoms with Gasteiger partial charge >= 0.3 is 0 Å². The molecular formula is C24H46O2. The van der Waals surface area contributed by atoms with E-state index in [1.54, 1.807) is 0 Å². The highest BCUT2D eigenvalue weighted by atomic mass is 16.5. The Bertz CT molecular complexity index is 282. The molecule has 2 aliphatic carbocycles. The molecule has 0 aromatic carbocycles. The lowest BCUT2D eigenvalue weighted by molar-refractivity contribution is -0.0121. The number of hydrogen-bond acceptors (Lipinski definition) is 2. The third-order valence-corrected chi connectivity index (χ3v) is 6.81. The normalized spacial score (nSPS) is 29.8. The zero-order chi connectivity index (χ0) is 18.5. The molecule has 2 saturated carbocycles. The zero-order valence-electron chi connectivity index (χ0n) is 17.9. The Balaban J connectivity index is 1.50. The Kier molecular flexibility index (Phi) is 12.0. The molecule has 0 unspecified atom stereocenters. The van der Waals surface area contributed by atoms with Crippen LogP contribution in [0.3, 0.4) is 0 Å². The van der Waals surface area contributed by atoms with E-state index in [0.717, 1.165) is 25.0 Å². The van der Waals surface area contributed by atoms with E-state index in [4.69, 9.17) is 9.47 Å². The molecule has 2 nitrogen and oxygen atoms in total. The molecule has 2 rings (SSSR count). The van der Waals surface area contributed by atoms with Crippen molar-refractivity contribution in [2.75, 3.05) is 13.2 Å². The van der Waals surface area contributed by atoms with Crippen molar-refractivity contribution in [1.82, 2.24) is 0 Å². The Hall–Kier alpha value is -0.0800. The smallest absolute Gasteiger partial charge is 0.0575 e. The number of unbranched alkanes of at least 4 members (excludes halogenated alkanes) is 6. The van der Waals surface area contributed by atoms with E-state index in [1.807, 2.05) is 0 Å². The van der Waals surface area contributed by atoms with Gasteiger partial charge in [-0.15, -0.1) is 0 Å². The van der Waals surface area contributed by atoms with Crippen LogP contribution in [-0.2, 0) is 9.47 Å². The van der Waals surface area contributed by atoms with Gasteiger partial charge in [-0.25, -0.2) is 0 Å². The summed E-state index contributed by atoms with van der Waals surface area (Å²) in [6.07, 6.45) is 22.6. The molecule has 2 fully saturated rings. The zero-order valence-corrected chi connectivity index (χ0v) is 17.9. The largest absolute Gasteiger partial charge is 0.378 e. The second kappa shape index (κ2) is 14.0. The van der Waals surface area contributed by atoms with Gasteiger partial charge < -0.3 is 9.47 Å². The first-order chi connectivity index (χ1) is 12.8. The summed E-state index contributed by atoms with van der Waals surface area (Å²) in [4.78, 5) is 0. The van der Waals surface area contributed by atoms with E-state index in [2.05, 4.69) is 13.8 Å². The standard InChI is InChI=1S/C24H46O2/c1-3-5-7-9-19-25-23-15-11-21(12-16-23)22-13-17-24(18-14-22)26-20-10-8-6-4-2/h21-24H,3-20H2,1-2H3. The maximum Gasteiger partial charge on any atom is 0.0575 e. The van der Waals surface area contributed by atoms with Gasteiger partial charge in [0, 0.05) is 13.2 Å². The number of hydrogen-bond donors (Lipinski definition) is 0. The van der Waals surface area contributed by atoms with Crippen LogP contribution >= 0.6 is 0 Å². The molecule has 0 bridgehead atoms. The van der Waals surface area contributed by atoms with Crippen LogP contribution in [0.25, 0.3) is 0 Å². The second-order valence-corrected chi connectivity index (χ2v) is 8.94. The molecule has 154 valence electrons. The molecule has 2 heteroatoms. The monoisotopic (exact) mass is 366 g/mol. The average molecular weight is 367 g/mol. The quantitative estimate of drug-likeness (QED) is 0.318. The lowest BCUT2D eigenvalue weighted by Crippen LogP contribution is -2.30. The Morgan fingerprint density at radius 1 is 0.500 bits per heavy atom. The van der Waals surface area contributed by atoms with Crippen molar-refractivity contribution >= 4 is 0 Å². The van der Waals surface area contributed by atoms with Crippen LogP contribution < -0.4 is 0 Å². The molecule has 0 saturated heterocycles. The van der Waals surface area contributed by atoms with Crippen molar-refractivity contribution in [3.05, 3.63) is 0 Å². The van der Waals surface area contributed by atoms with Gasteiger partial charge in [-0.3, -0.25) is 0 Å². The first-order valence-electron chi connectivity index (χ1n) is 12.1. The molecule has 0 heterocycles. The molecule has 0 atom stereocenters. The van der Waals surface area contributed by atoms with E-state index in [0.29, 0.717) is 12.2 Å². The van der Waals surface area contributed by atoms with Crippen molar-refractivity contribution in [3.8, 4) is 0 Å². The second-order valence-electron chi connectivity index (χ2n) is 8.94. The summed E-state index contributed by atoms with van der Waals surface area (Å²) in [5, 5.41) is 0. The minimum atomic E-state index is 0.565. The molecule has 0 aliphatic heterocycles. The Morgan fingerprint density at radius 3 is 1.23 bits per heavy atom. The summed E-state index contributed by atoms with van der Waals surface area (Å²) < 4.78 is 12.3. The molecule has 0 aromatic heterocycles. The van der Waals surface area contributed by atoms with Gasteiger partial charge in [0.25, 0.3) is 0 Å². The van der Waals surface area contributed by atoms with Crippen molar-refractivity contribution < 1.29 is 9.47 Å². The highest BCUT2D eigenvalue weighted by Crippen LogP contribution is 2.39. The highest BCUT2D eigenvalue weighted by Gasteiger charge is 2.31. The molecule has 0 spiro atoms. The predicted octanol–water partition coefficient (Wildman–Crippen LogP) is 7.30. The molecule has 2 aliphatic rings. The third-order valence-electron chi connectivity index (χ3n) is 6.81. The lowest BCUT2D eigenvalue weighted by atomic mass is 9.72. The molecular weight excluding hydrogens is 320 g/mol. The minimum Gasteiger partial charge on any atom is -0.378 e.